The average molecular weight is 403 g/mol. The minimum atomic E-state index is 0.926. The standard InChI is InChI=1S/C24H30N6/c1-6-12-28(13-7-2)22-16-18(4)26-24-23(19(5)27-30(22)24)21-10-9-20(15-17(21)3)29-14-8-11-25-29/h8-11,14-16H,6-7,12-13H2,1-5H3. The second kappa shape index (κ2) is 8.30. The summed E-state index contributed by atoms with van der Waals surface area (Å²) in [5.41, 5.74) is 7.45. The minimum Gasteiger partial charge on any atom is -0.356 e. The van der Waals surface area contributed by atoms with E-state index < -0.39 is 0 Å². The van der Waals surface area contributed by atoms with Gasteiger partial charge in [0.1, 0.15) is 5.82 Å². The van der Waals surface area contributed by atoms with Gasteiger partial charge in [-0.3, -0.25) is 0 Å². The summed E-state index contributed by atoms with van der Waals surface area (Å²) < 4.78 is 3.91. The van der Waals surface area contributed by atoms with Gasteiger partial charge < -0.3 is 4.90 Å². The van der Waals surface area contributed by atoms with Crippen LogP contribution in [0.3, 0.4) is 0 Å². The third-order valence-corrected chi connectivity index (χ3v) is 5.43. The van der Waals surface area contributed by atoms with Gasteiger partial charge in [-0.25, -0.2) is 9.67 Å². The fraction of sp³-hybridized carbons (Fsp3) is 0.375. The lowest BCUT2D eigenvalue weighted by Crippen LogP contribution is -2.27. The first-order valence-electron chi connectivity index (χ1n) is 10.8. The molecule has 6 heteroatoms. The molecule has 0 radical (unpaired) electrons. The van der Waals surface area contributed by atoms with Crippen molar-refractivity contribution in [1.82, 2.24) is 24.4 Å². The van der Waals surface area contributed by atoms with Crippen LogP contribution < -0.4 is 4.90 Å². The van der Waals surface area contributed by atoms with E-state index in [0.717, 1.165) is 60.0 Å². The van der Waals surface area contributed by atoms with Gasteiger partial charge in [-0.2, -0.15) is 14.7 Å². The quantitative estimate of drug-likeness (QED) is 0.430. The van der Waals surface area contributed by atoms with Crippen LogP contribution in [-0.4, -0.2) is 37.5 Å². The molecular formula is C24H30N6. The number of hydrogen-bond acceptors (Lipinski definition) is 4. The summed E-state index contributed by atoms with van der Waals surface area (Å²) in [5.74, 6) is 1.13. The maximum absolute atomic E-state index is 4.92. The molecule has 6 nitrogen and oxygen atoms in total. The predicted octanol–water partition coefficient (Wildman–Crippen LogP) is 5.13. The van der Waals surface area contributed by atoms with Gasteiger partial charge in [0.2, 0.25) is 0 Å². The van der Waals surface area contributed by atoms with Crippen molar-refractivity contribution >= 4 is 11.5 Å². The second-order valence-electron chi connectivity index (χ2n) is 7.89. The summed E-state index contributed by atoms with van der Waals surface area (Å²) in [4.78, 5) is 7.33. The zero-order valence-corrected chi connectivity index (χ0v) is 18.6. The highest BCUT2D eigenvalue weighted by molar-refractivity contribution is 5.83. The lowest BCUT2D eigenvalue weighted by Gasteiger charge is -2.24. The SMILES string of the molecule is CCCN(CCC)c1cc(C)nc2c(-c3ccc(-n4cccn4)cc3C)c(C)nn12. The largest absolute Gasteiger partial charge is 0.356 e. The van der Waals surface area contributed by atoms with E-state index in [0.29, 0.717) is 0 Å². The number of rotatable bonds is 7. The molecule has 0 aliphatic carbocycles. The van der Waals surface area contributed by atoms with Gasteiger partial charge in [0.25, 0.3) is 0 Å². The van der Waals surface area contributed by atoms with E-state index in [1.54, 1.807) is 6.20 Å². The molecule has 0 spiro atoms. The third-order valence-electron chi connectivity index (χ3n) is 5.43. The average Bonchev–Trinajstić information content (AvgIpc) is 3.35. The van der Waals surface area contributed by atoms with Gasteiger partial charge in [-0.05, 0) is 62.9 Å². The molecular weight excluding hydrogens is 372 g/mol. The minimum absolute atomic E-state index is 0.926. The molecule has 4 rings (SSSR count). The Bertz CT molecular complexity index is 1150. The van der Waals surface area contributed by atoms with E-state index in [-0.39, 0.29) is 0 Å². The third kappa shape index (κ3) is 3.58. The van der Waals surface area contributed by atoms with Crippen molar-refractivity contribution in [2.24, 2.45) is 0 Å². The highest BCUT2D eigenvalue weighted by atomic mass is 15.3. The van der Waals surface area contributed by atoms with E-state index in [1.165, 1.54) is 11.1 Å². The first-order valence-corrected chi connectivity index (χ1v) is 10.8. The molecule has 0 N–H and O–H groups in total. The Balaban J connectivity index is 1.87. The van der Waals surface area contributed by atoms with Crippen LogP contribution in [0.25, 0.3) is 22.5 Å². The van der Waals surface area contributed by atoms with Crippen molar-refractivity contribution < 1.29 is 0 Å². The zero-order valence-electron chi connectivity index (χ0n) is 18.6. The Morgan fingerprint density at radius 2 is 1.77 bits per heavy atom. The van der Waals surface area contributed by atoms with E-state index in [9.17, 15) is 0 Å². The lowest BCUT2D eigenvalue weighted by atomic mass is 10.00. The van der Waals surface area contributed by atoms with Crippen LogP contribution in [0.5, 0.6) is 0 Å². The molecule has 0 amide bonds. The van der Waals surface area contributed by atoms with Crippen molar-refractivity contribution in [2.45, 2.75) is 47.5 Å². The topological polar surface area (TPSA) is 51.2 Å². The molecule has 0 fully saturated rings. The number of hydrogen-bond donors (Lipinski definition) is 0. The highest BCUT2D eigenvalue weighted by Gasteiger charge is 2.20. The first kappa shape index (κ1) is 20.1. The van der Waals surface area contributed by atoms with Gasteiger partial charge in [0.05, 0.1) is 11.4 Å². The van der Waals surface area contributed by atoms with Crippen molar-refractivity contribution in [3.8, 4) is 16.8 Å². The molecule has 0 aliphatic rings. The van der Waals surface area contributed by atoms with E-state index in [2.05, 4.69) is 68.9 Å². The molecule has 30 heavy (non-hydrogen) atoms. The van der Waals surface area contributed by atoms with Gasteiger partial charge in [0.15, 0.2) is 5.65 Å². The number of anilines is 1. The molecule has 0 saturated heterocycles. The maximum atomic E-state index is 4.92. The van der Waals surface area contributed by atoms with Crippen LogP contribution >= 0.6 is 0 Å². The van der Waals surface area contributed by atoms with Crippen molar-refractivity contribution in [3.05, 3.63) is 59.7 Å². The van der Waals surface area contributed by atoms with Crippen LogP contribution in [0.1, 0.15) is 43.6 Å². The Kier molecular flexibility index (Phi) is 5.57. The first-order chi connectivity index (χ1) is 14.5. The highest BCUT2D eigenvalue weighted by Crippen LogP contribution is 2.33. The summed E-state index contributed by atoms with van der Waals surface area (Å²) in [6.07, 6.45) is 5.96. The molecule has 156 valence electrons. The monoisotopic (exact) mass is 402 g/mol. The van der Waals surface area contributed by atoms with Crippen LogP contribution in [0.2, 0.25) is 0 Å². The van der Waals surface area contributed by atoms with Gasteiger partial charge >= 0.3 is 0 Å². The van der Waals surface area contributed by atoms with E-state index in [4.69, 9.17) is 10.1 Å². The second-order valence-corrected chi connectivity index (χ2v) is 7.89. The summed E-state index contributed by atoms with van der Waals surface area (Å²) in [5, 5.41) is 9.27. The Labute approximate surface area is 178 Å². The van der Waals surface area contributed by atoms with Gasteiger partial charge in [-0.1, -0.05) is 19.9 Å². The van der Waals surface area contributed by atoms with Crippen LogP contribution in [0, 0.1) is 20.8 Å². The maximum Gasteiger partial charge on any atom is 0.165 e. The number of fused-ring (bicyclic) bond motifs is 1. The van der Waals surface area contributed by atoms with Crippen LogP contribution in [0.15, 0.2) is 42.7 Å². The fourth-order valence-electron chi connectivity index (χ4n) is 4.14. The van der Waals surface area contributed by atoms with Crippen LogP contribution in [-0.2, 0) is 0 Å². The number of aromatic nitrogens is 5. The van der Waals surface area contributed by atoms with E-state index in [1.807, 2.05) is 21.5 Å². The predicted molar refractivity (Wildman–Crippen MR) is 123 cm³/mol. The summed E-state index contributed by atoms with van der Waals surface area (Å²) in [7, 11) is 0. The molecule has 4 aromatic rings. The van der Waals surface area contributed by atoms with Crippen molar-refractivity contribution in [2.75, 3.05) is 18.0 Å². The zero-order chi connectivity index (χ0) is 21.3. The summed E-state index contributed by atoms with van der Waals surface area (Å²) in [6.45, 7) is 12.8. The summed E-state index contributed by atoms with van der Waals surface area (Å²) in [6, 6.07) is 10.5. The van der Waals surface area contributed by atoms with Crippen molar-refractivity contribution in [1.29, 1.82) is 0 Å². The van der Waals surface area contributed by atoms with Gasteiger partial charge in [0, 0.05) is 42.8 Å². The normalized spacial score (nSPS) is 11.4. The van der Waals surface area contributed by atoms with Gasteiger partial charge in [-0.15, -0.1) is 0 Å². The lowest BCUT2D eigenvalue weighted by molar-refractivity contribution is 0.713. The van der Waals surface area contributed by atoms with Crippen molar-refractivity contribution in [3.63, 3.8) is 0 Å². The number of aryl methyl sites for hydroxylation is 3. The molecule has 0 bridgehead atoms. The van der Waals surface area contributed by atoms with Crippen LogP contribution in [0.4, 0.5) is 5.82 Å². The fourth-order valence-corrected chi connectivity index (χ4v) is 4.14. The molecule has 0 aliphatic heterocycles. The smallest absolute Gasteiger partial charge is 0.165 e. The van der Waals surface area contributed by atoms with E-state index >= 15 is 0 Å². The number of benzene rings is 1. The Hall–Kier alpha value is -3.15. The molecule has 3 heterocycles. The Morgan fingerprint density at radius 1 is 1.00 bits per heavy atom. The number of nitrogens with zero attached hydrogens (tertiary/aromatic N) is 6. The molecule has 0 saturated carbocycles. The summed E-state index contributed by atoms with van der Waals surface area (Å²) >= 11 is 0. The molecule has 0 unspecified atom stereocenters. The Morgan fingerprint density at radius 3 is 2.40 bits per heavy atom. The molecule has 1 aromatic carbocycles. The molecule has 3 aromatic heterocycles. The molecule has 0 atom stereocenters.